The van der Waals surface area contributed by atoms with Crippen LogP contribution in [-0.2, 0) is 12.3 Å². The summed E-state index contributed by atoms with van der Waals surface area (Å²) in [7, 11) is 0. The topological polar surface area (TPSA) is 12.0 Å². The molecule has 2 aromatic carbocycles. The monoisotopic (exact) mass is 309 g/mol. The van der Waals surface area contributed by atoms with Gasteiger partial charge in [0.25, 0.3) is 5.92 Å². The first kappa shape index (κ1) is 15.8. The standard InChI is InChI=1S/C17H18ClF2N/c1-3-13-9-10-15(18)16(12(13)2)21-11-17(19,20)14-7-5-4-6-8-14/h4-10,21H,3,11H2,1-2H3. The molecule has 21 heavy (non-hydrogen) atoms. The van der Waals surface area contributed by atoms with E-state index in [2.05, 4.69) is 5.32 Å². The van der Waals surface area contributed by atoms with Gasteiger partial charge < -0.3 is 5.32 Å². The summed E-state index contributed by atoms with van der Waals surface area (Å²) in [6, 6.07) is 11.5. The van der Waals surface area contributed by atoms with Crippen LogP contribution < -0.4 is 5.32 Å². The summed E-state index contributed by atoms with van der Waals surface area (Å²) in [6.07, 6.45) is 0.840. The van der Waals surface area contributed by atoms with Gasteiger partial charge in [-0.15, -0.1) is 0 Å². The smallest absolute Gasteiger partial charge is 0.290 e. The Kier molecular flexibility index (Phi) is 4.84. The number of anilines is 1. The van der Waals surface area contributed by atoms with E-state index in [4.69, 9.17) is 11.6 Å². The first-order chi connectivity index (χ1) is 9.95. The zero-order chi connectivity index (χ0) is 15.5. The van der Waals surface area contributed by atoms with Gasteiger partial charge in [0.2, 0.25) is 0 Å². The fourth-order valence-corrected chi connectivity index (χ4v) is 2.58. The van der Waals surface area contributed by atoms with Crippen molar-refractivity contribution < 1.29 is 8.78 Å². The molecule has 0 unspecified atom stereocenters. The maximum Gasteiger partial charge on any atom is 0.290 e. The second kappa shape index (κ2) is 6.44. The van der Waals surface area contributed by atoms with Gasteiger partial charge in [0, 0.05) is 5.56 Å². The van der Waals surface area contributed by atoms with Crippen LogP contribution in [-0.4, -0.2) is 6.54 Å². The molecule has 0 aromatic heterocycles. The molecule has 4 heteroatoms. The normalized spacial score (nSPS) is 11.5. The largest absolute Gasteiger partial charge is 0.377 e. The average molecular weight is 310 g/mol. The Balaban J connectivity index is 2.20. The molecule has 0 saturated carbocycles. The molecule has 0 aliphatic rings. The van der Waals surface area contributed by atoms with E-state index in [-0.39, 0.29) is 5.56 Å². The third kappa shape index (κ3) is 3.53. The zero-order valence-corrected chi connectivity index (χ0v) is 12.8. The molecule has 0 bridgehead atoms. The molecule has 0 spiro atoms. The van der Waals surface area contributed by atoms with Crippen molar-refractivity contribution in [3.05, 3.63) is 64.2 Å². The van der Waals surface area contributed by atoms with E-state index in [1.807, 2.05) is 19.9 Å². The average Bonchev–Trinajstić information content (AvgIpc) is 2.48. The van der Waals surface area contributed by atoms with Crippen LogP contribution in [0.2, 0.25) is 5.02 Å². The van der Waals surface area contributed by atoms with Gasteiger partial charge in [-0.1, -0.05) is 54.9 Å². The van der Waals surface area contributed by atoms with Gasteiger partial charge >= 0.3 is 0 Å². The van der Waals surface area contributed by atoms with Crippen LogP contribution in [0.3, 0.4) is 0 Å². The maximum absolute atomic E-state index is 14.2. The Morgan fingerprint density at radius 1 is 1.10 bits per heavy atom. The molecular weight excluding hydrogens is 292 g/mol. The molecule has 0 heterocycles. The lowest BCUT2D eigenvalue weighted by atomic mass is 10.0. The van der Waals surface area contributed by atoms with Crippen LogP contribution in [0.25, 0.3) is 0 Å². The minimum absolute atomic E-state index is 0.00192. The first-order valence-corrected chi connectivity index (χ1v) is 7.28. The molecule has 0 saturated heterocycles. The predicted octanol–water partition coefficient (Wildman–Crippen LogP) is 5.41. The number of alkyl halides is 2. The van der Waals surface area contributed by atoms with Crippen LogP contribution in [0.15, 0.2) is 42.5 Å². The molecule has 0 aliphatic heterocycles. The Bertz CT molecular complexity index is 612. The molecule has 1 nitrogen and oxygen atoms in total. The van der Waals surface area contributed by atoms with E-state index in [9.17, 15) is 8.78 Å². The second-order valence-electron chi connectivity index (χ2n) is 4.98. The van der Waals surface area contributed by atoms with Gasteiger partial charge in [-0.2, -0.15) is 8.78 Å². The third-order valence-electron chi connectivity index (χ3n) is 3.59. The van der Waals surface area contributed by atoms with E-state index in [1.54, 1.807) is 24.3 Å². The second-order valence-corrected chi connectivity index (χ2v) is 5.39. The molecule has 0 radical (unpaired) electrons. The van der Waals surface area contributed by atoms with Crippen LogP contribution in [0, 0.1) is 6.92 Å². The van der Waals surface area contributed by atoms with Crippen LogP contribution in [0.5, 0.6) is 0 Å². The maximum atomic E-state index is 14.2. The minimum Gasteiger partial charge on any atom is -0.377 e. The lowest BCUT2D eigenvalue weighted by Crippen LogP contribution is -2.25. The number of hydrogen-bond donors (Lipinski definition) is 1. The van der Waals surface area contributed by atoms with Gasteiger partial charge in [0.15, 0.2) is 0 Å². The first-order valence-electron chi connectivity index (χ1n) is 6.91. The third-order valence-corrected chi connectivity index (χ3v) is 3.91. The summed E-state index contributed by atoms with van der Waals surface area (Å²) in [5.41, 5.74) is 2.61. The molecule has 0 fully saturated rings. The van der Waals surface area contributed by atoms with Gasteiger partial charge in [-0.3, -0.25) is 0 Å². The van der Waals surface area contributed by atoms with Crippen LogP contribution in [0.1, 0.15) is 23.6 Å². The van der Waals surface area contributed by atoms with Crippen molar-refractivity contribution in [1.82, 2.24) is 0 Å². The fourth-order valence-electron chi connectivity index (χ4n) is 2.31. The Morgan fingerprint density at radius 3 is 2.38 bits per heavy atom. The molecule has 0 atom stereocenters. The predicted molar refractivity (Wildman–Crippen MR) is 84.4 cm³/mol. The fraction of sp³-hybridized carbons (Fsp3) is 0.294. The number of halogens is 3. The zero-order valence-electron chi connectivity index (χ0n) is 12.1. The number of rotatable bonds is 5. The summed E-state index contributed by atoms with van der Waals surface area (Å²) in [6.45, 7) is 3.44. The summed E-state index contributed by atoms with van der Waals surface area (Å²) in [5, 5.41) is 3.28. The van der Waals surface area contributed by atoms with E-state index < -0.39 is 12.5 Å². The highest BCUT2D eigenvalue weighted by molar-refractivity contribution is 6.33. The van der Waals surface area contributed by atoms with Gasteiger partial charge in [0.05, 0.1) is 17.3 Å². The lowest BCUT2D eigenvalue weighted by molar-refractivity contribution is 0.0106. The molecular formula is C17H18ClF2N. The number of aryl methyl sites for hydroxylation is 1. The summed E-state index contributed by atoms with van der Waals surface area (Å²) in [5.74, 6) is -2.95. The Morgan fingerprint density at radius 2 is 1.76 bits per heavy atom. The van der Waals surface area contributed by atoms with E-state index in [1.165, 1.54) is 12.1 Å². The summed E-state index contributed by atoms with van der Waals surface area (Å²) in [4.78, 5) is 0. The van der Waals surface area contributed by atoms with Crippen LogP contribution >= 0.6 is 11.6 Å². The highest BCUT2D eigenvalue weighted by Gasteiger charge is 2.31. The quantitative estimate of drug-likeness (QED) is 0.778. The molecule has 2 aromatic rings. The lowest BCUT2D eigenvalue weighted by Gasteiger charge is -2.20. The molecule has 112 valence electrons. The Hall–Kier alpha value is -1.61. The van der Waals surface area contributed by atoms with Gasteiger partial charge in [-0.25, -0.2) is 0 Å². The number of nitrogens with one attached hydrogen (secondary N) is 1. The molecule has 1 N–H and O–H groups in total. The van der Waals surface area contributed by atoms with Crippen molar-refractivity contribution in [3.63, 3.8) is 0 Å². The van der Waals surface area contributed by atoms with Crippen molar-refractivity contribution in [2.75, 3.05) is 11.9 Å². The van der Waals surface area contributed by atoms with Crippen molar-refractivity contribution in [1.29, 1.82) is 0 Å². The SMILES string of the molecule is CCc1ccc(Cl)c(NCC(F)(F)c2ccccc2)c1C. The molecule has 0 amide bonds. The summed E-state index contributed by atoms with van der Waals surface area (Å²) >= 11 is 6.13. The van der Waals surface area contributed by atoms with E-state index in [0.29, 0.717) is 10.7 Å². The number of benzene rings is 2. The van der Waals surface area contributed by atoms with Gasteiger partial charge in [-0.05, 0) is 30.5 Å². The number of hydrogen-bond acceptors (Lipinski definition) is 1. The van der Waals surface area contributed by atoms with Crippen molar-refractivity contribution in [2.24, 2.45) is 0 Å². The minimum atomic E-state index is -2.95. The highest BCUT2D eigenvalue weighted by Crippen LogP contribution is 2.32. The Labute approximate surface area is 128 Å². The highest BCUT2D eigenvalue weighted by atomic mass is 35.5. The van der Waals surface area contributed by atoms with Gasteiger partial charge in [0.1, 0.15) is 0 Å². The van der Waals surface area contributed by atoms with Crippen molar-refractivity contribution in [2.45, 2.75) is 26.2 Å². The van der Waals surface area contributed by atoms with Crippen molar-refractivity contribution >= 4 is 17.3 Å². The van der Waals surface area contributed by atoms with E-state index >= 15 is 0 Å². The van der Waals surface area contributed by atoms with E-state index in [0.717, 1.165) is 17.5 Å². The molecule has 0 aliphatic carbocycles. The molecule has 2 rings (SSSR count). The van der Waals surface area contributed by atoms with Crippen LogP contribution in [0.4, 0.5) is 14.5 Å². The summed E-state index contributed by atoms with van der Waals surface area (Å²) < 4.78 is 28.4. The van der Waals surface area contributed by atoms with Crippen molar-refractivity contribution in [3.8, 4) is 0 Å².